The molecule has 3 aliphatic rings. The van der Waals surface area contributed by atoms with E-state index in [4.69, 9.17) is 9.97 Å². The average molecular weight is 500 g/mol. The highest BCUT2D eigenvalue weighted by atomic mass is 16.3. The molecule has 3 aromatic rings. The summed E-state index contributed by atoms with van der Waals surface area (Å²) >= 11 is 0. The number of hydrogen-bond donors (Lipinski definition) is 1. The highest BCUT2D eigenvalue weighted by molar-refractivity contribution is 5.95. The third-order valence-electron chi connectivity index (χ3n) is 8.04. The molecule has 194 valence electrons. The lowest BCUT2D eigenvalue weighted by atomic mass is 10.0. The standard InChI is InChI=1S/C29H37N7O/c1-3-9-33-13-17-34(18-14-33)28-25-8-10-36(27-20-23(37)19-22-6-4-5-7-24(22)27)21-26(25)30-29(31-28)35-15-11-32(2)12-16-35/h3-7,19-20,37H,1,8-18,21H2,2H3. The van der Waals surface area contributed by atoms with Crippen molar-refractivity contribution in [3.63, 3.8) is 0 Å². The van der Waals surface area contributed by atoms with Crippen molar-refractivity contribution in [2.45, 2.75) is 13.0 Å². The van der Waals surface area contributed by atoms with E-state index in [-0.39, 0.29) is 0 Å². The Morgan fingerprint density at radius 3 is 2.43 bits per heavy atom. The number of rotatable bonds is 5. The molecule has 6 rings (SSSR count). The molecule has 4 heterocycles. The van der Waals surface area contributed by atoms with Gasteiger partial charge in [0.15, 0.2) is 0 Å². The number of aromatic hydroxyl groups is 1. The summed E-state index contributed by atoms with van der Waals surface area (Å²) in [5.74, 6) is 2.29. The third kappa shape index (κ3) is 4.83. The fourth-order valence-electron chi connectivity index (χ4n) is 5.87. The maximum Gasteiger partial charge on any atom is 0.227 e. The minimum absolute atomic E-state index is 0.304. The van der Waals surface area contributed by atoms with E-state index in [1.807, 2.05) is 24.3 Å². The highest BCUT2D eigenvalue weighted by Crippen LogP contribution is 2.36. The predicted octanol–water partition coefficient (Wildman–Crippen LogP) is 2.96. The van der Waals surface area contributed by atoms with Crippen LogP contribution in [0.1, 0.15) is 11.3 Å². The normalized spacial score (nSPS) is 19.3. The van der Waals surface area contributed by atoms with Gasteiger partial charge in [0.1, 0.15) is 11.6 Å². The van der Waals surface area contributed by atoms with Crippen LogP contribution in [0.3, 0.4) is 0 Å². The van der Waals surface area contributed by atoms with Crippen LogP contribution in [-0.4, -0.2) is 97.4 Å². The fourth-order valence-corrected chi connectivity index (χ4v) is 5.87. The van der Waals surface area contributed by atoms with Crippen LogP contribution >= 0.6 is 0 Å². The van der Waals surface area contributed by atoms with E-state index in [1.54, 1.807) is 0 Å². The predicted molar refractivity (Wildman–Crippen MR) is 151 cm³/mol. The van der Waals surface area contributed by atoms with Crippen molar-refractivity contribution in [3.05, 3.63) is 60.3 Å². The Morgan fingerprint density at radius 2 is 1.65 bits per heavy atom. The Kier molecular flexibility index (Phi) is 6.61. The molecule has 8 heteroatoms. The number of piperazine rings is 2. The summed E-state index contributed by atoms with van der Waals surface area (Å²) in [5, 5.41) is 12.7. The Hall–Kier alpha value is -3.36. The molecule has 0 atom stereocenters. The van der Waals surface area contributed by atoms with Crippen LogP contribution in [0.5, 0.6) is 5.75 Å². The molecule has 2 aromatic carbocycles. The van der Waals surface area contributed by atoms with Crippen LogP contribution in [-0.2, 0) is 13.0 Å². The van der Waals surface area contributed by atoms with Gasteiger partial charge in [-0.1, -0.05) is 30.3 Å². The van der Waals surface area contributed by atoms with Crippen molar-refractivity contribution in [2.24, 2.45) is 0 Å². The minimum atomic E-state index is 0.304. The molecule has 0 unspecified atom stereocenters. The van der Waals surface area contributed by atoms with Gasteiger partial charge in [-0.25, -0.2) is 4.98 Å². The van der Waals surface area contributed by atoms with Crippen LogP contribution in [0.4, 0.5) is 17.5 Å². The molecule has 0 spiro atoms. The molecule has 0 radical (unpaired) electrons. The van der Waals surface area contributed by atoms with Gasteiger partial charge in [-0.05, 0) is 24.9 Å². The van der Waals surface area contributed by atoms with Gasteiger partial charge in [0.25, 0.3) is 0 Å². The van der Waals surface area contributed by atoms with E-state index >= 15 is 0 Å². The van der Waals surface area contributed by atoms with E-state index in [0.29, 0.717) is 5.75 Å². The quantitative estimate of drug-likeness (QED) is 0.538. The largest absolute Gasteiger partial charge is 0.508 e. The van der Waals surface area contributed by atoms with Crippen molar-refractivity contribution < 1.29 is 5.11 Å². The second-order valence-electron chi connectivity index (χ2n) is 10.5. The first-order chi connectivity index (χ1) is 18.1. The molecular weight excluding hydrogens is 462 g/mol. The van der Waals surface area contributed by atoms with Crippen LogP contribution < -0.4 is 14.7 Å². The molecule has 1 N–H and O–H groups in total. The third-order valence-corrected chi connectivity index (χ3v) is 8.04. The molecule has 0 aliphatic carbocycles. The van der Waals surface area contributed by atoms with Gasteiger partial charge in [0.05, 0.1) is 12.2 Å². The van der Waals surface area contributed by atoms with E-state index < -0.39 is 0 Å². The maximum absolute atomic E-state index is 10.5. The first-order valence-electron chi connectivity index (χ1n) is 13.5. The number of anilines is 3. The molecule has 0 saturated carbocycles. The Morgan fingerprint density at radius 1 is 0.892 bits per heavy atom. The molecule has 3 aliphatic heterocycles. The number of fused-ring (bicyclic) bond motifs is 2. The van der Waals surface area contributed by atoms with Gasteiger partial charge in [0.2, 0.25) is 5.95 Å². The molecule has 0 bridgehead atoms. The van der Waals surface area contributed by atoms with Crippen LogP contribution in [0.15, 0.2) is 49.1 Å². The molecular formula is C29H37N7O. The summed E-state index contributed by atoms with van der Waals surface area (Å²) in [4.78, 5) is 22.4. The number of phenols is 1. The molecule has 37 heavy (non-hydrogen) atoms. The van der Waals surface area contributed by atoms with Crippen molar-refractivity contribution >= 4 is 28.2 Å². The number of aromatic nitrogens is 2. The van der Waals surface area contributed by atoms with Gasteiger partial charge in [0, 0.05) is 88.2 Å². The molecule has 2 fully saturated rings. The van der Waals surface area contributed by atoms with Gasteiger partial charge in [-0.3, -0.25) is 4.90 Å². The summed E-state index contributed by atoms with van der Waals surface area (Å²) in [6.07, 6.45) is 2.89. The van der Waals surface area contributed by atoms with Crippen molar-refractivity contribution in [2.75, 3.05) is 87.2 Å². The SMILES string of the molecule is C=CCN1CCN(c2nc(N3CCN(C)CC3)nc3c2CCN(c2cc(O)cc4ccccc24)C3)CC1. The number of phenolic OH excluding ortho intramolecular Hbond substituents is 1. The van der Waals surface area contributed by atoms with Crippen molar-refractivity contribution in [3.8, 4) is 5.75 Å². The monoisotopic (exact) mass is 499 g/mol. The molecule has 1 aromatic heterocycles. The zero-order valence-electron chi connectivity index (χ0n) is 21.8. The number of hydrogen-bond acceptors (Lipinski definition) is 8. The first-order valence-corrected chi connectivity index (χ1v) is 13.5. The smallest absolute Gasteiger partial charge is 0.227 e. The van der Waals surface area contributed by atoms with E-state index in [9.17, 15) is 5.11 Å². The topological polar surface area (TPSA) is 62.2 Å². The van der Waals surface area contributed by atoms with Gasteiger partial charge >= 0.3 is 0 Å². The Balaban J connectivity index is 1.35. The van der Waals surface area contributed by atoms with Gasteiger partial charge < -0.3 is 24.7 Å². The second-order valence-corrected chi connectivity index (χ2v) is 10.5. The summed E-state index contributed by atoms with van der Waals surface area (Å²) in [7, 11) is 2.18. The van der Waals surface area contributed by atoms with E-state index in [2.05, 4.69) is 56.3 Å². The highest BCUT2D eigenvalue weighted by Gasteiger charge is 2.29. The zero-order chi connectivity index (χ0) is 25.4. The summed E-state index contributed by atoms with van der Waals surface area (Å²) in [5.41, 5.74) is 3.47. The second kappa shape index (κ2) is 10.2. The lowest BCUT2D eigenvalue weighted by Crippen LogP contribution is -2.48. The minimum Gasteiger partial charge on any atom is -0.508 e. The Labute approximate surface area is 219 Å². The van der Waals surface area contributed by atoms with Crippen LogP contribution in [0, 0.1) is 0 Å². The van der Waals surface area contributed by atoms with Crippen molar-refractivity contribution in [1.29, 1.82) is 0 Å². The zero-order valence-corrected chi connectivity index (χ0v) is 21.8. The van der Waals surface area contributed by atoms with E-state index in [1.165, 1.54) is 5.56 Å². The number of benzene rings is 2. The molecule has 2 saturated heterocycles. The van der Waals surface area contributed by atoms with E-state index in [0.717, 1.165) is 112 Å². The fraction of sp³-hybridized carbons (Fsp3) is 0.448. The Bertz CT molecular complexity index is 1280. The number of likely N-dealkylation sites (N-methyl/N-ethyl adjacent to an activating group) is 1. The molecule has 0 amide bonds. The first kappa shape index (κ1) is 24.0. The van der Waals surface area contributed by atoms with Gasteiger partial charge in [-0.2, -0.15) is 4.98 Å². The summed E-state index contributed by atoms with van der Waals surface area (Å²) < 4.78 is 0. The lowest BCUT2D eigenvalue weighted by molar-refractivity contribution is 0.283. The maximum atomic E-state index is 10.5. The summed E-state index contributed by atoms with van der Waals surface area (Å²) in [6.45, 7) is 14.4. The van der Waals surface area contributed by atoms with Crippen molar-refractivity contribution in [1.82, 2.24) is 19.8 Å². The number of nitrogens with zero attached hydrogens (tertiary/aromatic N) is 7. The average Bonchev–Trinajstić information content (AvgIpc) is 2.92. The lowest BCUT2D eigenvalue weighted by Gasteiger charge is -2.39. The molecule has 8 nitrogen and oxygen atoms in total. The summed E-state index contributed by atoms with van der Waals surface area (Å²) in [6, 6.07) is 12.0. The van der Waals surface area contributed by atoms with Crippen LogP contribution in [0.25, 0.3) is 10.8 Å². The van der Waals surface area contributed by atoms with Crippen LogP contribution in [0.2, 0.25) is 0 Å². The van der Waals surface area contributed by atoms with Gasteiger partial charge in [-0.15, -0.1) is 6.58 Å².